The third-order valence-corrected chi connectivity index (χ3v) is 7.96. The van der Waals surface area contributed by atoms with Gasteiger partial charge in [0.25, 0.3) is 0 Å². The van der Waals surface area contributed by atoms with Crippen LogP contribution in [-0.4, -0.2) is 79.0 Å². The second-order valence-corrected chi connectivity index (χ2v) is 12.4. The van der Waals surface area contributed by atoms with Gasteiger partial charge in [-0.3, -0.25) is 4.79 Å². The average molecular weight is 671 g/mol. The Hall–Kier alpha value is -3.81. The monoisotopic (exact) mass is 670 g/mol. The van der Waals surface area contributed by atoms with Crippen LogP contribution in [0.25, 0.3) is 0 Å². The number of thiol groups is 2. The number of nitrogens with zero attached hydrogens (tertiary/aromatic N) is 1. The van der Waals surface area contributed by atoms with Crippen molar-refractivity contribution in [2.75, 3.05) is 26.8 Å². The van der Waals surface area contributed by atoms with Gasteiger partial charge in [-0.25, -0.2) is 9.59 Å². The highest BCUT2D eigenvalue weighted by Gasteiger charge is 2.34. The Bertz CT molecular complexity index is 1310. The van der Waals surface area contributed by atoms with Crippen LogP contribution in [0.15, 0.2) is 82.9 Å². The van der Waals surface area contributed by atoms with Crippen molar-refractivity contribution in [3.63, 3.8) is 0 Å². The number of alkyl carbamates (subject to hydrolysis) is 1. The summed E-state index contributed by atoms with van der Waals surface area (Å²) >= 11 is 8.58. The van der Waals surface area contributed by atoms with Crippen LogP contribution < -0.4 is 27.0 Å². The Balaban J connectivity index is 1.71. The molecule has 46 heavy (non-hydrogen) atoms. The lowest BCUT2D eigenvalue weighted by Gasteiger charge is -2.28. The van der Waals surface area contributed by atoms with Gasteiger partial charge in [0.1, 0.15) is 12.6 Å². The molecule has 1 aliphatic rings. The molecule has 2 aromatic carbocycles. The lowest BCUT2D eigenvalue weighted by molar-refractivity contribution is -0.124. The number of hydrogen-bond donors (Lipinski definition) is 8. The number of rotatable bonds is 18. The highest BCUT2D eigenvalue weighted by molar-refractivity contribution is 7.84. The summed E-state index contributed by atoms with van der Waals surface area (Å²) in [5.74, 6) is -0.494. The number of ether oxygens (including phenoxy) is 1. The molecule has 3 rings (SSSR count). The van der Waals surface area contributed by atoms with Crippen LogP contribution in [0, 0.1) is 0 Å². The number of urea groups is 1. The lowest BCUT2D eigenvalue weighted by Crippen LogP contribution is -2.55. The molecule has 1 saturated carbocycles. The fraction of sp³-hybridized carbons (Fsp3) is 0.424. The predicted octanol–water partition coefficient (Wildman–Crippen LogP) is 3.09. The molecule has 3 unspecified atom stereocenters. The Morgan fingerprint density at radius 2 is 1.50 bits per heavy atom. The van der Waals surface area contributed by atoms with E-state index < -0.39 is 30.7 Å². The molecule has 1 fully saturated rings. The highest BCUT2D eigenvalue weighted by atomic mass is 32.1. The van der Waals surface area contributed by atoms with E-state index >= 15 is 0 Å². The van der Waals surface area contributed by atoms with Gasteiger partial charge in [-0.15, -0.1) is 25.3 Å². The third kappa shape index (κ3) is 13.3. The molecule has 7 N–H and O–H groups in total. The third-order valence-electron chi connectivity index (χ3n) is 7.41. The maximum absolute atomic E-state index is 13.5. The van der Waals surface area contributed by atoms with Gasteiger partial charge in [0, 0.05) is 47.4 Å². The van der Waals surface area contributed by atoms with Crippen LogP contribution >= 0.6 is 25.3 Å². The van der Waals surface area contributed by atoms with E-state index in [1.165, 1.54) is 6.20 Å². The molecule has 13 heteroatoms. The molecule has 3 atom stereocenters. The maximum Gasteiger partial charge on any atom is 0.407 e. The van der Waals surface area contributed by atoms with Crippen LogP contribution in [-0.2, 0) is 22.4 Å². The van der Waals surface area contributed by atoms with Crippen LogP contribution in [0.3, 0.4) is 0 Å². The number of benzene rings is 2. The second kappa shape index (κ2) is 19.6. The van der Waals surface area contributed by atoms with Gasteiger partial charge in [0.05, 0.1) is 13.2 Å². The minimum absolute atomic E-state index is 0.0519. The molecule has 0 spiro atoms. The van der Waals surface area contributed by atoms with E-state index in [4.69, 9.17) is 10.5 Å². The zero-order valence-electron chi connectivity index (χ0n) is 26.1. The molecule has 11 nitrogen and oxygen atoms in total. The Labute approximate surface area is 282 Å². The summed E-state index contributed by atoms with van der Waals surface area (Å²) in [5, 5.41) is 21.7. The SMILES string of the molecule is CN/C=C(\S)CN(C(=O)NC(CO)C(=O)NC(CCC(Cc1ccccc1)NC(=O)OC/C(S)=C/N)Cc1ccccc1)C1CC1. The smallest absolute Gasteiger partial charge is 0.407 e. The van der Waals surface area contributed by atoms with E-state index in [9.17, 15) is 19.5 Å². The molecular formula is C33H46N6O5S2. The Morgan fingerprint density at radius 3 is 2.00 bits per heavy atom. The van der Waals surface area contributed by atoms with Gasteiger partial charge < -0.3 is 41.7 Å². The van der Waals surface area contributed by atoms with E-state index in [2.05, 4.69) is 46.5 Å². The Kier molecular flexibility index (Phi) is 15.7. The van der Waals surface area contributed by atoms with Crippen molar-refractivity contribution in [1.82, 2.24) is 26.2 Å². The van der Waals surface area contributed by atoms with Crippen molar-refractivity contribution in [3.05, 3.63) is 94.0 Å². The number of nitrogens with two attached hydrogens (primary N) is 1. The Morgan fingerprint density at radius 1 is 0.935 bits per heavy atom. The number of amides is 4. The highest BCUT2D eigenvalue weighted by Crippen LogP contribution is 2.28. The molecule has 250 valence electrons. The summed E-state index contributed by atoms with van der Waals surface area (Å²) in [6, 6.07) is 17.3. The van der Waals surface area contributed by atoms with Gasteiger partial charge in [0.15, 0.2) is 0 Å². The van der Waals surface area contributed by atoms with E-state index in [0.717, 1.165) is 24.0 Å². The molecule has 4 amide bonds. The fourth-order valence-electron chi connectivity index (χ4n) is 4.91. The second-order valence-electron chi connectivity index (χ2n) is 11.2. The maximum atomic E-state index is 13.5. The zero-order chi connectivity index (χ0) is 33.3. The largest absolute Gasteiger partial charge is 0.444 e. The first kappa shape index (κ1) is 36.7. The van der Waals surface area contributed by atoms with Crippen LogP contribution in [0.2, 0.25) is 0 Å². The van der Waals surface area contributed by atoms with Crippen LogP contribution in [0.1, 0.15) is 36.8 Å². The van der Waals surface area contributed by atoms with Crippen molar-refractivity contribution >= 4 is 43.3 Å². The van der Waals surface area contributed by atoms with E-state index in [0.29, 0.717) is 35.5 Å². The predicted molar refractivity (Wildman–Crippen MR) is 186 cm³/mol. The molecule has 0 heterocycles. The molecule has 0 bridgehead atoms. The molecule has 0 radical (unpaired) electrons. The van der Waals surface area contributed by atoms with Crippen molar-refractivity contribution in [3.8, 4) is 0 Å². The molecule has 0 saturated heterocycles. The van der Waals surface area contributed by atoms with E-state index in [1.807, 2.05) is 60.7 Å². The quantitative estimate of drug-likeness (QED) is 0.113. The topological polar surface area (TPSA) is 158 Å². The molecule has 1 aliphatic carbocycles. The summed E-state index contributed by atoms with van der Waals surface area (Å²) in [4.78, 5) is 42.0. The van der Waals surface area contributed by atoms with Crippen LogP contribution in [0.4, 0.5) is 9.59 Å². The molecule has 2 aromatic rings. The fourth-order valence-corrected chi connectivity index (χ4v) is 5.26. The summed E-state index contributed by atoms with van der Waals surface area (Å²) in [6.07, 6.45) is 6.16. The number of nitrogens with one attached hydrogen (secondary N) is 4. The van der Waals surface area contributed by atoms with Crippen LogP contribution in [0.5, 0.6) is 0 Å². The number of aliphatic hydroxyl groups excluding tert-OH is 1. The molecular weight excluding hydrogens is 625 g/mol. The van der Waals surface area contributed by atoms with E-state index in [-0.39, 0.29) is 31.3 Å². The first-order valence-electron chi connectivity index (χ1n) is 15.4. The first-order valence-corrected chi connectivity index (χ1v) is 16.3. The standard InChI is InChI=1S/C33H46N6O5S2/c1-35-19-29(46)20-39(27-14-15-27)32(42)38-30(21-40)31(41)36-25(16-23-8-4-2-5-9-23)12-13-26(17-24-10-6-3-7-11-24)37-33(43)44-22-28(45)18-34/h2-11,18-19,25-27,30,35,40,45-46H,12-17,20-22,34H2,1H3,(H,36,41)(H,37,43)(H,38,42)/b28-18-,29-19-. The van der Waals surface area contributed by atoms with Gasteiger partial charge in [0.2, 0.25) is 5.91 Å². The summed E-state index contributed by atoms with van der Waals surface area (Å²) < 4.78 is 5.26. The molecule has 0 aliphatic heterocycles. The minimum Gasteiger partial charge on any atom is -0.444 e. The number of carbonyl (C=O) groups is 3. The number of aliphatic hydroxyl groups is 1. The van der Waals surface area contributed by atoms with Crippen molar-refractivity contribution in [2.45, 2.75) is 62.7 Å². The normalized spacial score (nSPS) is 15.2. The van der Waals surface area contributed by atoms with Crippen molar-refractivity contribution in [2.24, 2.45) is 5.73 Å². The summed E-state index contributed by atoms with van der Waals surface area (Å²) in [7, 11) is 1.75. The van der Waals surface area contributed by atoms with Crippen molar-refractivity contribution in [1.29, 1.82) is 0 Å². The molecule has 0 aromatic heterocycles. The van der Waals surface area contributed by atoms with E-state index in [1.54, 1.807) is 18.1 Å². The number of hydrogen-bond acceptors (Lipinski definition) is 9. The average Bonchev–Trinajstić information content (AvgIpc) is 3.90. The lowest BCUT2D eigenvalue weighted by atomic mass is 9.96. The zero-order valence-corrected chi connectivity index (χ0v) is 27.9. The van der Waals surface area contributed by atoms with Gasteiger partial charge in [-0.2, -0.15) is 0 Å². The summed E-state index contributed by atoms with van der Waals surface area (Å²) in [5.41, 5.74) is 7.47. The van der Waals surface area contributed by atoms with Gasteiger partial charge >= 0.3 is 12.1 Å². The first-order chi connectivity index (χ1) is 22.2. The van der Waals surface area contributed by atoms with Gasteiger partial charge in [-0.1, -0.05) is 60.7 Å². The van der Waals surface area contributed by atoms with Gasteiger partial charge in [-0.05, 0) is 49.7 Å². The minimum atomic E-state index is -1.15. The number of carbonyl (C=O) groups excluding carboxylic acids is 3. The van der Waals surface area contributed by atoms with Crippen molar-refractivity contribution < 1.29 is 24.2 Å². The summed E-state index contributed by atoms with van der Waals surface area (Å²) in [6.45, 7) is -0.334.